The van der Waals surface area contributed by atoms with Crippen molar-refractivity contribution in [1.29, 1.82) is 0 Å². The summed E-state index contributed by atoms with van der Waals surface area (Å²) in [6, 6.07) is 5.17. The number of aromatic nitrogens is 5. The number of pyridine rings is 2. The number of ether oxygens (including phenoxy) is 1. The number of nitrogens with zero attached hydrogens (tertiary/aromatic N) is 7. The number of ketones is 1. The molecule has 0 aromatic carbocycles. The quantitative estimate of drug-likeness (QED) is 0.341. The second-order valence-corrected chi connectivity index (χ2v) is 10.1. The van der Waals surface area contributed by atoms with Gasteiger partial charge in [-0.05, 0) is 30.5 Å². The van der Waals surface area contributed by atoms with E-state index in [0.717, 1.165) is 31.7 Å². The number of H-pyrrole nitrogens is 1. The second kappa shape index (κ2) is 11.3. The molecule has 12 nitrogen and oxygen atoms in total. The highest BCUT2D eigenvalue weighted by Crippen LogP contribution is 2.34. The van der Waals surface area contributed by atoms with Crippen LogP contribution in [0.5, 0.6) is 5.75 Å². The predicted octanol–water partition coefficient (Wildman–Crippen LogP) is 2.12. The minimum absolute atomic E-state index is 0.106. The Morgan fingerprint density at radius 3 is 2.37 bits per heavy atom. The highest BCUT2D eigenvalue weighted by atomic mass is 16.5. The Hall–Kier alpha value is -4.87. The Morgan fingerprint density at radius 1 is 0.902 bits per heavy atom. The summed E-state index contributed by atoms with van der Waals surface area (Å²) in [4.78, 5) is 65.3. The monoisotopic (exact) mass is 554 g/mol. The first kappa shape index (κ1) is 26.4. The maximum absolute atomic E-state index is 13.1. The summed E-state index contributed by atoms with van der Waals surface area (Å²) in [5, 5.41) is 0.676. The van der Waals surface area contributed by atoms with E-state index < -0.39 is 11.7 Å². The van der Waals surface area contributed by atoms with Crippen LogP contribution < -0.4 is 9.64 Å². The number of Topliss-reactive ketones (excluding diaryl/α,β-unsaturated/α-hetero) is 1. The standard InChI is InChI=1S/C29H30N8O4/c1-41-23-17-34-26(21-16-32-24(18-31-21)35-8-4-5-9-35)27-25(23)19(15-33-27)14-22(38)29(40)37-12-10-36(11-13-37)28(39)20-6-2-3-7-30-20/h2-3,6-7,15-18,33H,4-5,8-14H2,1H3. The molecular weight excluding hydrogens is 524 g/mol. The Balaban J connectivity index is 1.16. The van der Waals surface area contributed by atoms with Gasteiger partial charge in [-0.25, -0.2) is 15.0 Å². The number of rotatable bonds is 7. The number of fused-ring (bicyclic) bond motifs is 1. The molecule has 2 saturated heterocycles. The summed E-state index contributed by atoms with van der Waals surface area (Å²) in [6.07, 6.45) is 10.5. The summed E-state index contributed by atoms with van der Waals surface area (Å²) in [5.74, 6) is 0.0407. The number of anilines is 1. The number of amides is 2. The topological polar surface area (TPSA) is 138 Å². The smallest absolute Gasteiger partial charge is 0.290 e. The van der Waals surface area contributed by atoms with Gasteiger partial charge in [-0.15, -0.1) is 0 Å². The molecule has 2 aliphatic rings. The van der Waals surface area contributed by atoms with Gasteiger partial charge in [0.2, 0.25) is 5.78 Å². The van der Waals surface area contributed by atoms with E-state index in [0.29, 0.717) is 52.4 Å². The summed E-state index contributed by atoms with van der Waals surface area (Å²) < 4.78 is 5.56. The van der Waals surface area contributed by atoms with Crippen molar-refractivity contribution in [1.82, 2.24) is 34.7 Å². The average molecular weight is 555 g/mol. The first-order valence-corrected chi connectivity index (χ1v) is 13.7. The van der Waals surface area contributed by atoms with E-state index >= 15 is 0 Å². The molecule has 2 amide bonds. The lowest BCUT2D eigenvalue weighted by Crippen LogP contribution is -2.52. The van der Waals surface area contributed by atoms with Crippen molar-refractivity contribution in [3.8, 4) is 17.1 Å². The molecule has 0 atom stereocenters. The van der Waals surface area contributed by atoms with Crippen LogP contribution in [0.3, 0.4) is 0 Å². The fourth-order valence-electron chi connectivity index (χ4n) is 5.41. The molecule has 0 aliphatic carbocycles. The van der Waals surface area contributed by atoms with Crippen LogP contribution in [0, 0.1) is 0 Å². The van der Waals surface area contributed by atoms with E-state index in [1.54, 1.807) is 54.1 Å². The van der Waals surface area contributed by atoms with Gasteiger partial charge in [0.1, 0.15) is 28.6 Å². The third kappa shape index (κ3) is 5.20. The zero-order valence-electron chi connectivity index (χ0n) is 22.7. The lowest BCUT2D eigenvalue weighted by molar-refractivity contribution is -0.145. The van der Waals surface area contributed by atoms with E-state index in [-0.39, 0.29) is 25.4 Å². The number of aromatic amines is 1. The van der Waals surface area contributed by atoms with E-state index in [4.69, 9.17) is 4.74 Å². The third-order valence-corrected chi connectivity index (χ3v) is 7.61. The minimum atomic E-state index is -0.569. The molecule has 0 bridgehead atoms. The first-order valence-electron chi connectivity index (χ1n) is 13.7. The lowest BCUT2D eigenvalue weighted by atomic mass is 10.1. The molecule has 4 aromatic rings. The van der Waals surface area contributed by atoms with Gasteiger partial charge in [-0.1, -0.05) is 6.07 Å². The fourth-order valence-corrected chi connectivity index (χ4v) is 5.41. The van der Waals surface area contributed by atoms with Crippen molar-refractivity contribution in [3.05, 3.63) is 60.4 Å². The predicted molar refractivity (Wildman–Crippen MR) is 151 cm³/mol. The number of hydrogen-bond acceptors (Lipinski definition) is 9. The molecule has 41 heavy (non-hydrogen) atoms. The van der Waals surface area contributed by atoms with Crippen molar-refractivity contribution < 1.29 is 19.1 Å². The third-order valence-electron chi connectivity index (χ3n) is 7.61. The van der Waals surface area contributed by atoms with Crippen molar-refractivity contribution >= 4 is 34.3 Å². The fraction of sp³-hybridized carbons (Fsp3) is 0.345. The zero-order valence-corrected chi connectivity index (χ0v) is 22.7. The summed E-state index contributed by atoms with van der Waals surface area (Å²) >= 11 is 0. The van der Waals surface area contributed by atoms with E-state index in [1.165, 1.54) is 12.0 Å². The van der Waals surface area contributed by atoms with Crippen LogP contribution in [0.4, 0.5) is 5.82 Å². The Bertz CT molecular complexity index is 1570. The SMILES string of the molecule is COc1cnc(-c2cnc(N3CCCC3)cn2)c2[nH]cc(CC(=O)C(=O)N3CCN(C(=O)c4ccccn4)CC3)c12. The van der Waals surface area contributed by atoms with Gasteiger partial charge in [0.25, 0.3) is 11.8 Å². The van der Waals surface area contributed by atoms with Gasteiger partial charge in [0.15, 0.2) is 0 Å². The molecule has 6 rings (SSSR count). The highest BCUT2D eigenvalue weighted by Gasteiger charge is 2.29. The summed E-state index contributed by atoms with van der Waals surface area (Å²) in [5.41, 5.74) is 2.82. The van der Waals surface area contributed by atoms with Gasteiger partial charge in [0, 0.05) is 63.5 Å². The number of carbonyl (C=O) groups excluding carboxylic acids is 3. The van der Waals surface area contributed by atoms with Crippen LogP contribution in [-0.2, 0) is 16.0 Å². The molecule has 2 aliphatic heterocycles. The van der Waals surface area contributed by atoms with Gasteiger partial charge in [-0.2, -0.15) is 0 Å². The number of carbonyl (C=O) groups is 3. The van der Waals surface area contributed by atoms with Crippen molar-refractivity contribution in [3.63, 3.8) is 0 Å². The van der Waals surface area contributed by atoms with Crippen LogP contribution in [0.1, 0.15) is 28.9 Å². The molecular formula is C29H30N8O4. The lowest BCUT2D eigenvalue weighted by Gasteiger charge is -2.34. The van der Waals surface area contributed by atoms with Crippen LogP contribution in [0.2, 0.25) is 0 Å². The summed E-state index contributed by atoms with van der Waals surface area (Å²) in [6.45, 7) is 3.18. The molecule has 0 spiro atoms. The van der Waals surface area contributed by atoms with Gasteiger partial charge >= 0.3 is 0 Å². The molecule has 2 fully saturated rings. The first-order chi connectivity index (χ1) is 20.0. The number of hydrogen-bond donors (Lipinski definition) is 1. The maximum Gasteiger partial charge on any atom is 0.290 e. The summed E-state index contributed by atoms with van der Waals surface area (Å²) in [7, 11) is 1.54. The average Bonchev–Trinajstić information content (AvgIpc) is 3.72. The Kier molecular flexibility index (Phi) is 7.28. The van der Waals surface area contributed by atoms with Crippen LogP contribution >= 0.6 is 0 Å². The maximum atomic E-state index is 13.1. The largest absolute Gasteiger partial charge is 0.494 e. The van der Waals surface area contributed by atoms with E-state index in [2.05, 4.69) is 29.8 Å². The van der Waals surface area contributed by atoms with Crippen LogP contribution in [-0.4, -0.2) is 98.7 Å². The Morgan fingerprint density at radius 2 is 1.68 bits per heavy atom. The van der Waals surface area contributed by atoms with E-state index in [1.807, 2.05) is 0 Å². The van der Waals surface area contributed by atoms with Crippen molar-refractivity contribution in [2.75, 3.05) is 51.3 Å². The molecule has 210 valence electrons. The van der Waals surface area contributed by atoms with Crippen LogP contribution in [0.15, 0.2) is 49.2 Å². The number of nitrogens with one attached hydrogen (secondary N) is 1. The molecule has 0 radical (unpaired) electrons. The number of methoxy groups -OCH3 is 1. The second-order valence-electron chi connectivity index (χ2n) is 10.1. The van der Waals surface area contributed by atoms with Gasteiger partial charge < -0.3 is 24.4 Å². The molecule has 0 unspecified atom stereocenters. The molecule has 4 aromatic heterocycles. The molecule has 0 saturated carbocycles. The van der Waals surface area contributed by atoms with Crippen molar-refractivity contribution in [2.24, 2.45) is 0 Å². The van der Waals surface area contributed by atoms with Crippen LogP contribution in [0.25, 0.3) is 22.3 Å². The van der Waals surface area contributed by atoms with Gasteiger partial charge in [-0.3, -0.25) is 19.4 Å². The molecule has 12 heteroatoms. The van der Waals surface area contributed by atoms with Crippen molar-refractivity contribution in [2.45, 2.75) is 19.3 Å². The minimum Gasteiger partial charge on any atom is -0.494 e. The molecule has 6 heterocycles. The number of piperazine rings is 1. The van der Waals surface area contributed by atoms with Gasteiger partial charge in [0.05, 0.1) is 31.2 Å². The normalized spacial score (nSPS) is 15.4. The van der Waals surface area contributed by atoms with E-state index in [9.17, 15) is 14.4 Å². The zero-order chi connectivity index (χ0) is 28.3. The highest BCUT2D eigenvalue weighted by molar-refractivity contribution is 6.36. The molecule has 1 N–H and O–H groups in total. The Labute approximate surface area is 236 Å².